The number of rotatable bonds is 7. The maximum Gasteiger partial charge on any atom is 0.129 e. The fourth-order valence-electron chi connectivity index (χ4n) is 1.49. The van der Waals surface area contributed by atoms with E-state index in [9.17, 15) is 0 Å². The molecule has 2 rings (SSSR count). The number of ether oxygens (including phenoxy) is 1. The van der Waals surface area contributed by atoms with Crippen molar-refractivity contribution in [2.75, 3.05) is 6.54 Å². The van der Waals surface area contributed by atoms with Gasteiger partial charge in [0.15, 0.2) is 0 Å². The summed E-state index contributed by atoms with van der Waals surface area (Å²) < 4.78 is 16.0. The van der Waals surface area contributed by atoms with Gasteiger partial charge in [0, 0.05) is 6.54 Å². The van der Waals surface area contributed by atoms with Crippen molar-refractivity contribution in [3.63, 3.8) is 0 Å². The van der Waals surface area contributed by atoms with Crippen LogP contribution in [0.1, 0.15) is 18.4 Å². The number of furan rings is 2. The molecular formula is C13H17NO3. The van der Waals surface area contributed by atoms with Gasteiger partial charge in [-0.1, -0.05) is 0 Å². The van der Waals surface area contributed by atoms with Gasteiger partial charge in [0.2, 0.25) is 0 Å². The van der Waals surface area contributed by atoms with Gasteiger partial charge in [-0.2, -0.15) is 0 Å². The van der Waals surface area contributed by atoms with E-state index >= 15 is 0 Å². The van der Waals surface area contributed by atoms with Crippen molar-refractivity contribution < 1.29 is 13.6 Å². The van der Waals surface area contributed by atoms with Crippen molar-refractivity contribution in [3.8, 4) is 0 Å². The molecule has 17 heavy (non-hydrogen) atoms. The van der Waals surface area contributed by atoms with Crippen LogP contribution in [0, 0.1) is 0 Å². The Bertz CT molecular complexity index is 394. The molecule has 0 aliphatic heterocycles. The minimum Gasteiger partial charge on any atom is -0.468 e. The van der Waals surface area contributed by atoms with Gasteiger partial charge in [0.25, 0.3) is 0 Å². The SMILES string of the molecule is CC(CNCc1ccco1)OCc1ccco1. The minimum atomic E-state index is 0.134. The van der Waals surface area contributed by atoms with Gasteiger partial charge in [0.1, 0.15) is 18.1 Å². The van der Waals surface area contributed by atoms with E-state index in [1.165, 1.54) is 0 Å². The summed E-state index contributed by atoms with van der Waals surface area (Å²) >= 11 is 0. The number of hydrogen-bond donors (Lipinski definition) is 1. The Morgan fingerprint density at radius 1 is 1.18 bits per heavy atom. The van der Waals surface area contributed by atoms with E-state index in [4.69, 9.17) is 13.6 Å². The van der Waals surface area contributed by atoms with Crippen LogP contribution in [0.5, 0.6) is 0 Å². The van der Waals surface area contributed by atoms with Gasteiger partial charge < -0.3 is 18.9 Å². The molecule has 4 heteroatoms. The third-order valence-electron chi connectivity index (χ3n) is 2.40. The summed E-state index contributed by atoms with van der Waals surface area (Å²) in [6.07, 6.45) is 3.46. The Morgan fingerprint density at radius 3 is 2.53 bits per heavy atom. The minimum absolute atomic E-state index is 0.134. The van der Waals surface area contributed by atoms with Gasteiger partial charge in [0.05, 0.1) is 25.2 Å². The smallest absolute Gasteiger partial charge is 0.129 e. The third kappa shape index (κ3) is 4.09. The van der Waals surface area contributed by atoms with Crippen LogP contribution < -0.4 is 5.32 Å². The van der Waals surface area contributed by atoms with E-state index in [-0.39, 0.29) is 6.10 Å². The Hall–Kier alpha value is -1.52. The van der Waals surface area contributed by atoms with Gasteiger partial charge >= 0.3 is 0 Å². The van der Waals surface area contributed by atoms with Crippen molar-refractivity contribution in [2.45, 2.75) is 26.2 Å². The van der Waals surface area contributed by atoms with Gasteiger partial charge in [-0.25, -0.2) is 0 Å². The lowest BCUT2D eigenvalue weighted by atomic mass is 10.3. The Labute approximate surface area is 101 Å². The van der Waals surface area contributed by atoms with Crippen molar-refractivity contribution in [1.82, 2.24) is 5.32 Å². The molecule has 0 aliphatic rings. The fraction of sp³-hybridized carbons (Fsp3) is 0.385. The number of hydrogen-bond acceptors (Lipinski definition) is 4. The zero-order valence-corrected chi connectivity index (χ0v) is 9.89. The molecule has 1 atom stereocenters. The second kappa shape index (κ2) is 6.27. The molecule has 0 aliphatic carbocycles. The average Bonchev–Trinajstić information content (AvgIpc) is 2.99. The first-order valence-electron chi connectivity index (χ1n) is 5.71. The van der Waals surface area contributed by atoms with E-state index in [0.717, 1.165) is 24.6 Å². The summed E-state index contributed by atoms with van der Waals surface area (Å²) in [4.78, 5) is 0. The molecule has 0 fully saturated rings. The molecule has 0 radical (unpaired) electrons. The fourth-order valence-corrected chi connectivity index (χ4v) is 1.49. The Morgan fingerprint density at radius 2 is 1.88 bits per heavy atom. The van der Waals surface area contributed by atoms with Crippen LogP contribution in [0.4, 0.5) is 0 Å². The maximum absolute atomic E-state index is 5.62. The topological polar surface area (TPSA) is 47.5 Å². The van der Waals surface area contributed by atoms with E-state index < -0.39 is 0 Å². The zero-order chi connectivity index (χ0) is 11.9. The highest BCUT2D eigenvalue weighted by Gasteiger charge is 2.04. The highest BCUT2D eigenvalue weighted by Crippen LogP contribution is 2.04. The molecule has 0 saturated carbocycles. The van der Waals surface area contributed by atoms with Gasteiger partial charge in [-0.05, 0) is 31.2 Å². The first-order chi connectivity index (χ1) is 8.34. The average molecular weight is 235 g/mol. The van der Waals surface area contributed by atoms with Crippen LogP contribution >= 0.6 is 0 Å². The summed E-state index contributed by atoms with van der Waals surface area (Å²) in [5.41, 5.74) is 0. The molecule has 2 aromatic rings. The molecule has 1 N–H and O–H groups in total. The van der Waals surface area contributed by atoms with Crippen molar-refractivity contribution in [1.29, 1.82) is 0 Å². The molecule has 2 heterocycles. The number of nitrogens with one attached hydrogen (secondary N) is 1. The highest BCUT2D eigenvalue weighted by molar-refractivity contribution is 4.97. The lowest BCUT2D eigenvalue weighted by Crippen LogP contribution is -2.26. The molecule has 1 unspecified atom stereocenters. The monoisotopic (exact) mass is 235 g/mol. The van der Waals surface area contributed by atoms with Gasteiger partial charge in [-0.15, -0.1) is 0 Å². The lowest BCUT2D eigenvalue weighted by molar-refractivity contribution is 0.0425. The molecule has 0 aromatic carbocycles. The summed E-state index contributed by atoms with van der Waals surface area (Å²) in [5.74, 6) is 1.78. The molecule has 2 aromatic heterocycles. The normalized spacial score (nSPS) is 12.8. The van der Waals surface area contributed by atoms with E-state index in [1.807, 2.05) is 31.2 Å². The van der Waals surface area contributed by atoms with E-state index in [0.29, 0.717) is 6.61 Å². The van der Waals surface area contributed by atoms with Crippen LogP contribution in [0.2, 0.25) is 0 Å². The van der Waals surface area contributed by atoms with Gasteiger partial charge in [-0.3, -0.25) is 0 Å². The first kappa shape index (κ1) is 12.0. The molecule has 0 spiro atoms. The maximum atomic E-state index is 5.62. The van der Waals surface area contributed by atoms with E-state index in [2.05, 4.69) is 5.32 Å². The highest BCUT2D eigenvalue weighted by atomic mass is 16.5. The first-order valence-corrected chi connectivity index (χ1v) is 5.71. The predicted octanol–water partition coefficient (Wildman–Crippen LogP) is 2.57. The summed E-state index contributed by atoms with van der Waals surface area (Å²) in [6.45, 7) is 4.04. The van der Waals surface area contributed by atoms with E-state index in [1.54, 1.807) is 12.5 Å². The second-order valence-electron chi connectivity index (χ2n) is 3.91. The van der Waals surface area contributed by atoms with Crippen LogP contribution in [0.3, 0.4) is 0 Å². The molecule has 0 saturated heterocycles. The van der Waals surface area contributed by atoms with Crippen molar-refractivity contribution in [2.24, 2.45) is 0 Å². The molecule has 0 bridgehead atoms. The third-order valence-corrected chi connectivity index (χ3v) is 2.40. The summed E-state index contributed by atoms with van der Waals surface area (Å²) in [7, 11) is 0. The Balaban J connectivity index is 1.59. The van der Waals surface area contributed by atoms with Crippen molar-refractivity contribution in [3.05, 3.63) is 48.3 Å². The molecule has 92 valence electrons. The predicted molar refractivity (Wildman–Crippen MR) is 63.4 cm³/mol. The summed E-state index contributed by atoms with van der Waals surface area (Å²) in [6, 6.07) is 7.59. The zero-order valence-electron chi connectivity index (χ0n) is 9.89. The van der Waals surface area contributed by atoms with Crippen LogP contribution in [0.25, 0.3) is 0 Å². The van der Waals surface area contributed by atoms with Crippen molar-refractivity contribution >= 4 is 0 Å². The standard InChI is InChI=1S/C13H17NO3/c1-11(17-10-13-5-3-7-16-13)8-14-9-12-4-2-6-15-12/h2-7,11,14H,8-10H2,1H3. The van der Waals surface area contributed by atoms with Crippen LogP contribution in [-0.4, -0.2) is 12.6 Å². The molecule has 0 amide bonds. The lowest BCUT2D eigenvalue weighted by Gasteiger charge is -2.12. The van der Waals surface area contributed by atoms with Crippen LogP contribution in [-0.2, 0) is 17.9 Å². The summed E-state index contributed by atoms with van der Waals surface area (Å²) in [5, 5.41) is 3.27. The molecule has 4 nitrogen and oxygen atoms in total. The molecular weight excluding hydrogens is 218 g/mol. The Kier molecular flexibility index (Phi) is 4.41. The quantitative estimate of drug-likeness (QED) is 0.801. The van der Waals surface area contributed by atoms with Crippen LogP contribution in [0.15, 0.2) is 45.6 Å². The second-order valence-corrected chi connectivity index (χ2v) is 3.91. The largest absolute Gasteiger partial charge is 0.468 e.